The van der Waals surface area contributed by atoms with Crippen molar-refractivity contribution in [3.8, 4) is 0 Å². The number of piperidine rings is 1. The van der Waals surface area contributed by atoms with E-state index >= 15 is 0 Å². The molecule has 0 radical (unpaired) electrons. The van der Waals surface area contributed by atoms with E-state index in [1.807, 2.05) is 53.4 Å². The predicted octanol–water partition coefficient (Wildman–Crippen LogP) is 3.96. The third kappa shape index (κ3) is 5.76. The van der Waals surface area contributed by atoms with Crippen LogP contribution in [0.5, 0.6) is 0 Å². The Balaban J connectivity index is 1.53. The van der Waals surface area contributed by atoms with Gasteiger partial charge in [0.25, 0.3) is 0 Å². The Kier molecular flexibility index (Phi) is 7.37. The number of rotatable bonds is 7. The summed E-state index contributed by atoms with van der Waals surface area (Å²) in [6.45, 7) is 1.33. The fourth-order valence-electron chi connectivity index (χ4n) is 3.57. The van der Waals surface area contributed by atoms with E-state index in [9.17, 15) is 9.59 Å². The average molecular weight is 399 g/mol. The molecule has 0 saturated carbocycles. The van der Waals surface area contributed by atoms with Gasteiger partial charge in [0.1, 0.15) is 6.04 Å². The number of thioether (sulfide) groups is 1. The fraction of sp³-hybridized carbons (Fsp3) is 0.364. The first-order valence-corrected chi connectivity index (χ1v) is 10.7. The van der Waals surface area contributed by atoms with Crippen LogP contribution in [0.15, 0.2) is 60.7 Å². The van der Waals surface area contributed by atoms with Gasteiger partial charge < -0.3 is 15.3 Å². The molecule has 0 spiro atoms. The Hall–Kier alpha value is -2.47. The van der Waals surface area contributed by atoms with Gasteiger partial charge >= 0.3 is 6.09 Å². The van der Waals surface area contributed by atoms with Crippen LogP contribution in [0.25, 0.3) is 0 Å². The van der Waals surface area contributed by atoms with E-state index < -0.39 is 12.1 Å². The molecule has 2 amide bonds. The van der Waals surface area contributed by atoms with Gasteiger partial charge in [-0.1, -0.05) is 60.7 Å². The summed E-state index contributed by atoms with van der Waals surface area (Å²) in [5, 5.41) is 11.6. The molecule has 2 N–H and O–H groups in total. The summed E-state index contributed by atoms with van der Waals surface area (Å²) in [7, 11) is 0. The summed E-state index contributed by atoms with van der Waals surface area (Å²) in [5.41, 5.74) is 2.48. The van der Waals surface area contributed by atoms with Crippen molar-refractivity contribution in [3.63, 3.8) is 0 Å². The average Bonchev–Trinajstić information content (AvgIpc) is 2.74. The van der Waals surface area contributed by atoms with Gasteiger partial charge in [-0.05, 0) is 29.9 Å². The second-order valence-corrected chi connectivity index (χ2v) is 8.04. The molecule has 6 heteroatoms. The van der Waals surface area contributed by atoms with Crippen molar-refractivity contribution in [3.05, 3.63) is 71.8 Å². The van der Waals surface area contributed by atoms with Gasteiger partial charge in [-0.3, -0.25) is 4.79 Å². The van der Waals surface area contributed by atoms with Gasteiger partial charge in [-0.2, -0.15) is 11.8 Å². The molecule has 2 aromatic rings. The third-order valence-electron chi connectivity index (χ3n) is 5.07. The number of carboxylic acid groups (broad SMARTS) is 1. The molecule has 1 aliphatic rings. The maximum absolute atomic E-state index is 12.9. The van der Waals surface area contributed by atoms with Gasteiger partial charge in [0, 0.05) is 24.6 Å². The molecule has 1 atom stereocenters. The van der Waals surface area contributed by atoms with E-state index in [0.29, 0.717) is 24.8 Å². The Morgan fingerprint density at radius 1 is 1.04 bits per heavy atom. The molecule has 0 aromatic heterocycles. The highest BCUT2D eigenvalue weighted by Gasteiger charge is 2.29. The van der Waals surface area contributed by atoms with Crippen molar-refractivity contribution < 1.29 is 14.7 Å². The zero-order chi connectivity index (χ0) is 19.8. The van der Waals surface area contributed by atoms with Crippen molar-refractivity contribution >= 4 is 23.8 Å². The quantitative estimate of drug-likeness (QED) is 0.741. The number of nitrogens with zero attached hydrogens (tertiary/aromatic N) is 1. The number of hydrogen-bond acceptors (Lipinski definition) is 3. The van der Waals surface area contributed by atoms with Crippen molar-refractivity contribution in [2.24, 2.45) is 0 Å². The topological polar surface area (TPSA) is 69.6 Å². The first kappa shape index (κ1) is 20.3. The van der Waals surface area contributed by atoms with Crippen LogP contribution in [-0.2, 0) is 10.5 Å². The molecule has 28 heavy (non-hydrogen) atoms. The maximum Gasteiger partial charge on any atom is 0.405 e. The molecule has 3 rings (SSSR count). The van der Waals surface area contributed by atoms with Crippen LogP contribution in [0.2, 0.25) is 0 Å². The standard InChI is InChI=1S/C22H26N2O3S/c25-21(24-13-11-19(12-14-24)18-9-5-2-6-10-18)20(23-22(26)27)16-28-15-17-7-3-1-4-8-17/h1-10,19-20,23H,11-16H2,(H,26,27). The van der Waals surface area contributed by atoms with Crippen LogP contribution in [0.3, 0.4) is 0 Å². The summed E-state index contributed by atoms with van der Waals surface area (Å²) < 4.78 is 0. The zero-order valence-electron chi connectivity index (χ0n) is 15.8. The largest absolute Gasteiger partial charge is 0.465 e. The molecule has 1 saturated heterocycles. The van der Waals surface area contributed by atoms with E-state index in [0.717, 1.165) is 24.2 Å². The molecule has 1 aliphatic heterocycles. The molecular weight excluding hydrogens is 372 g/mol. The molecular formula is C22H26N2O3S. The minimum absolute atomic E-state index is 0.116. The Labute approximate surface area is 170 Å². The molecule has 2 aromatic carbocycles. The molecule has 148 valence electrons. The minimum Gasteiger partial charge on any atom is -0.465 e. The van der Waals surface area contributed by atoms with Crippen LogP contribution in [-0.4, -0.2) is 46.9 Å². The maximum atomic E-state index is 12.9. The second kappa shape index (κ2) is 10.2. The summed E-state index contributed by atoms with van der Waals surface area (Å²) in [6, 6.07) is 19.6. The Bertz CT molecular complexity index is 762. The Morgan fingerprint density at radius 3 is 2.25 bits per heavy atom. The molecule has 1 heterocycles. The van der Waals surface area contributed by atoms with Crippen molar-refractivity contribution in [2.45, 2.75) is 30.6 Å². The van der Waals surface area contributed by atoms with Crippen LogP contribution in [0.4, 0.5) is 4.79 Å². The second-order valence-electron chi connectivity index (χ2n) is 7.01. The summed E-state index contributed by atoms with van der Waals surface area (Å²) in [6.07, 6.45) is 0.664. The molecule has 5 nitrogen and oxygen atoms in total. The number of nitrogens with one attached hydrogen (secondary N) is 1. The fourth-order valence-corrected chi connectivity index (χ4v) is 4.58. The lowest BCUT2D eigenvalue weighted by atomic mass is 9.89. The van der Waals surface area contributed by atoms with Gasteiger partial charge in [-0.25, -0.2) is 4.79 Å². The van der Waals surface area contributed by atoms with Crippen molar-refractivity contribution in [2.75, 3.05) is 18.8 Å². The van der Waals surface area contributed by atoms with Crippen LogP contribution in [0.1, 0.15) is 29.9 Å². The lowest BCUT2D eigenvalue weighted by Gasteiger charge is -2.34. The first-order chi connectivity index (χ1) is 13.6. The molecule has 0 aliphatic carbocycles. The highest BCUT2D eigenvalue weighted by molar-refractivity contribution is 7.98. The number of likely N-dealkylation sites (tertiary alicyclic amines) is 1. The third-order valence-corrected chi connectivity index (χ3v) is 6.18. The van der Waals surface area contributed by atoms with Gasteiger partial charge in [-0.15, -0.1) is 0 Å². The lowest BCUT2D eigenvalue weighted by Crippen LogP contribution is -2.51. The van der Waals surface area contributed by atoms with E-state index in [1.54, 1.807) is 11.8 Å². The smallest absolute Gasteiger partial charge is 0.405 e. The molecule has 0 bridgehead atoms. The van der Waals surface area contributed by atoms with E-state index in [1.165, 1.54) is 5.56 Å². The number of amides is 2. The summed E-state index contributed by atoms with van der Waals surface area (Å²) >= 11 is 1.57. The van der Waals surface area contributed by atoms with E-state index in [2.05, 4.69) is 17.4 Å². The van der Waals surface area contributed by atoms with E-state index in [4.69, 9.17) is 5.11 Å². The van der Waals surface area contributed by atoms with Crippen molar-refractivity contribution in [1.29, 1.82) is 0 Å². The number of carbonyl (C=O) groups excluding carboxylic acids is 1. The van der Waals surface area contributed by atoms with Gasteiger partial charge in [0.2, 0.25) is 5.91 Å². The number of benzene rings is 2. The highest BCUT2D eigenvalue weighted by Crippen LogP contribution is 2.28. The first-order valence-electron chi connectivity index (χ1n) is 9.58. The van der Waals surface area contributed by atoms with Crippen LogP contribution >= 0.6 is 11.8 Å². The molecule has 1 unspecified atom stereocenters. The molecule has 1 fully saturated rings. The van der Waals surface area contributed by atoms with Crippen LogP contribution in [0, 0.1) is 0 Å². The highest BCUT2D eigenvalue weighted by atomic mass is 32.2. The SMILES string of the molecule is O=C(O)NC(CSCc1ccccc1)C(=O)N1CCC(c2ccccc2)CC1. The van der Waals surface area contributed by atoms with Crippen LogP contribution < -0.4 is 5.32 Å². The lowest BCUT2D eigenvalue weighted by molar-refractivity contribution is -0.133. The van der Waals surface area contributed by atoms with E-state index in [-0.39, 0.29) is 5.91 Å². The normalized spacial score (nSPS) is 15.8. The zero-order valence-corrected chi connectivity index (χ0v) is 16.6. The van der Waals surface area contributed by atoms with Gasteiger partial charge in [0.15, 0.2) is 0 Å². The monoisotopic (exact) mass is 398 g/mol. The summed E-state index contributed by atoms with van der Waals surface area (Å²) in [4.78, 5) is 25.9. The predicted molar refractivity (Wildman–Crippen MR) is 113 cm³/mol. The summed E-state index contributed by atoms with van der Waals surface area (Å²) in [5.74, 6) is 1.53. The van der Waals surface area contributed by atoms with Crippen molar-refractivity contribution in [1.82, 2.24) is 10.2 Å². The number of hydrogen-bond donors (Lipinski definition) is 2. The Morgan fingerprint density at radius 2 is 1.64 bits per heavy atom. The minimum atomic E-state index is -1.15. The van der Waals surface area contributed by atoms with Gasteiger partial charge in [0.05, 0.1) is 0 Å². The number of carbonyl (C=O) groups is 2.